The van der Waals surface area contributed by atoms with Gasteiger partial charge in [0.1, 0.15) is 6.04 Å². The summed E-state index contributed by atoms with van der Waals surface area (Å²) in [5, 5.41) is 15.8. The Kier molecular flexibility index (Phi) is 4.82. The first-order valence-electron chi connectivity index (χ1n) is 10.2. The molecule has 1 aliphatic rings. The van der Waals surface area contributed by atoms with E-state index in [4.69, 9.17) is 0 Å². The molecule has 146 valence electrons. The molecule has 0 amide bonds. The number of carboxylic acids is 1. The first kappa shape index (κ1) is 18.3. The highest BCUT2D eigenvalue weighted by Crippen LogP contribution is 2.42. The molecule has 29 heavy (non-hydrogen) atoms. The van der Waals surface area contributed by atoms with Gasteiger partial charge in [-0.3, -0.25) is 9.69 Å². The maximum Gasteiger partial charge on any atom is 0.320 e. The van der Waals surface area contributed by atoms with Crippen molar-refractivity contribution in [2.45, 2.75) is 31.3 Å². The van der Waals surface area contributed by atoms with Crippen LogP contribution in [-0.4, -0.2) is 28.6 Å². The van der Waals surface area contributed by atoms with E-state index in [1.165, 1.54) is 32.0 Å². The number of carboxylic acid groups (broad SMARTS) is 1. The molecule has 5 rings (SSSR count). The molecule has 0 saturated carbocycles. The van der Waals surface area contributed by atoms with E-state index in [-0.39, 0.29) is 6.04 Å². The summed E-state index contributed by atoms with van der Waals surface area (Å²) in [6, 6.07) is 22.7. The van der Waals surface area contributed by atoms with E-state index in [1.54, 1.807) is 11.3 Å². The second-order valence-electron chi connectivity index (χ2n) is 7.75. The first-order valence-corrected chi connectivity index (χ1v) is 11.0. The van der Waals surface area contributed by atoms with Gasteiger partial charge in [-0.1, -0.05) is 67.1 Å². The summed E-state index contributed by atoms with van der Waals surface area (Å²) in [4.78, 5) is 14.4. The zero-order valence-electron chi connectivity index (χ0n) is 16.1. The predicted molar refractivity (Wildman–Crippen MR) is 120 cm³/mol. The number of rotatable bonds is 4. The van der Waals surface area contributed by atoms with Crippen molar-refractivity contribution in [3.63, 3.8) is 0 Å². The molecule has 1 aliphatic heterocycles. The number of aliphatic carboxylic acids is 1. The quantitative estimate of drug-likeness (QED) is 0.450. The Balaban J connectivity index is 1.76. The van der Waals surface area contributed by atoms with Crippen LogP contribution in [0.25, 0.3) is 20.9 Å². The number of benzene rings is 3. The van der Waals surface area contributed by atoms with Crippen LogP contribution in [0.4, 0.5) is 0 Å². The number of hydrogen-bond donors (Lipinski definition) is 1. The van der Waals surface area contributed by atoms with Crippen molar-refractivity contribution >= 4 is 38.2 Å². The van der Waals surface area contributed by atoms with Gasteiger partial charge in [-0.2, -0.15) is 0 Å². The van der Waals surface area contributed by atoms with Gasteiger partial charge < -0.3 is 5.11 Å². The minimum atomic E-state index is -0.713. The number of hydrogen-bond acceptors (Lipinski definition) is 3. The molecule has 3 aromatic carbocycles. The van der Waals surface area contributed by atoms with Crippen molar-refractivity contribution in [1.29, 1.82) is 0 Å². The van der Waals surface area contributed by atoms with Crippen molar-refractivity contribution < 1.29 is 9.90 Å². The van der Waals surface area contributed by atoms with E-state index >= 15 is 0 Å². The summed E-state index contributed by atoms with van der Waals surface area (Å²) in [6.45, 7) is 0.801. The fourth-order valence-electron chi connectivity index (χ4n) is 4.75. The molecule has 1 N–H and O–H groups in total. The third kappa shape index (κ3) is 3.22. The van der Waals surface area contributed by atoms with E-state index < -0.39 is 12.0 Å². The number of fused-ring (bicyclic) bond motifs is 2. The molecule has 0 aliphatic carbocycles. The number of likely N-dealkylation sites (tertiary alicyclic amines) is 1. The van der Waals surface area contributed by atoms with Crippen LogP contribution in [0.1, 0.15) is 36.4 Å². The lowest BCUT2D eigenvalue weighted by Crippen LogP contribution is -2.46. The minimum Gasteiger partial charge on any atom is -0.480 e. The number of thiophene rings is 1. The molecule has 4 heteroatoms. The van der Waals surface area contributed by atoms with E-state index in [0.29, 0.717) is 6.42 Å². The van der Waals surface area contributed by atoms with Crippen molar-refractivity contribution in [2.75, 3.05) is 6.54 Å². The average Bonchev–Trinajstić information content (AvgIpc) is 3.18. The number of piperidine rings is 1. The average molecular weight is 402 g/mol. The van der Waals surface area contributed by atoms with E-state index in [2.05, 4.69) is 77.0 Å². The van der Waals surface area contributed by atoms with Crippen molar-refractivity contribution in [3.05, 3.63) is 83.2 Å². The Morgan fingerprint density at radius 3 is 2.55 bits per heavy atom. The molecule has 0 radical (unpaired) electrons. The van der Waals surface area contributed by atoms with E-state index in [0.717, 1.165) is 19.4 Å². The van der Waals surface area contributed by atoms with Crippen LogP contribution in [0, 0.1) is 0 Å². The molecule has 2 atom stereocenters. The third-order valence-electron chi connectivity index (χ3n) is 6.08. The number of nitrogens with zero attached hydrogens (tertiary/aromatic N) is 1. The summed E-state index contributed by atoms with van der Waals surface area (Å²) in [7, 11) is 0. The summed E-state index contributed by atoms with van der Waals surface area (Å²) in [5.74, 6) is -0.713. The first-order chi connectivity index (χ1) is 14.2. The second-order valence-corrected chi connectivity index (χ2v) is 8.66. The predicted octanol–water partition coefficient (Wildman–Crippen LogP) is 6.08. The SMILES string of the molecule is O=C(O)C1CCCCN1C(c1cccc2ccccc12)c1csc2ccccc12. The smallest absolute Gasteiger partial charge is 0.320 e. The van der Waals surface area contributed by atoms with Crippen LogP contribution in [0.15, 0.2) is 72.1 Å². The Bertz CT molecular complexity index is 1180. The molecule has 2 unspecified atom stereocenters. The van der Waals surface area contributed by atoms with Gasteiger partial charge in [-0.05, 0) is 58.1 Å². The van der Waals surface area contributed by atoms with Crippen molar-refractivity contribution in [1.82, 2.24) is 4.90 Å². The van der Waals surface area contributed by atoms with Crippen LogP contribution in [0.3, 0.4) is 0 Å². The highest BCUT2D eigenvalue weighted by molar-refractivity contribution is 7.17. The van der Waals surface area contributed by atoms with Crippen LogP contribution in [0.2, 0.25) is 0 Å². The number of carbonyl (C=O) groups is 1. The molecular weight excluding hydrogens is 378 g/mol. The summed E-state index contributed by atoms with van der Waals surface area (Å²) < 4.78 is 1.25. The van der Waals surface area contributed by atoms with Crippen LogP contribution in [0.5, 0.6) is 0 Å². The summed E-state index contributed by atoms with van der Waals surface area (Å²) in [6.07, 6.45) is 2.71. The monoisotopic (exact) mass is 401 g/mol. The second kappa shape index (κ2) is 7.62. The summed E-state index contributed by atoms with van der Waals surface area (Å²) >= 11 is 1.74. The van der Waals surface area contributed by atoms with Crippen molar-refractivity contribution in [3.8, 4) is 0 Å². The van der Waals surface area contributed by atoms with Gasteiger partial charge in [-0.15, -0.1) is 11.3 Å². The van der Waals surface area contributed by atoms with Gasteiger partial charge in [0, 0.05) is 4.70 Å². The molecule has 4 aromatic rings. The lowest BCUT2D eigenvalue weighted by Gasteiger charge is -2.40. The Labute approximate surface area is 174 Å². The molecule has 1 aromatic heterocycles. The van der Waals surface area contributed by atoms with Gasteiger partial charge in [0.15, 0.2) is 0 Å². The highest BCUT2D eigenvalue weighted by atomic mass is 32.1. The Morgan fingerprint density at radius 2 is 1.69 bits per heavy atom. The van der Waals surface area contributed by atoms with E-state index in [1.807, 2.05) is 0 Å². The van der Waals surface area contributed by atoms with Gasteiger partial charge >= 0.3 is 5.97 Å². The van der Waals surface area contributed by atoms with Crippen LogP contribution >= 0.6 is 11.3 Å². The topological polar surface area (TPSA) is 40.5 Å². The molecular formula is C25H23NO2S. The minimum absolute atomic E-state index is 0.0707. The standard InChI is InChI=1S/C25H23NO2S/c27-25(28)22-13-5-6-15-26(22)24(21-16-29-23-14-4-3-11-19(21)23)20-12-7-9-17-8-1-2-10-18(17)20/h1-4,7-12,14,16,22,24H,5-6,13,15H2,(H,27,28). The maximum atomic E-state index is 12.2. The van der Waals surface area contributed by atoms with Gasteiger partial charge in [0.05, 0.1) is 6.04 Å². The Hall–Kier alpha value is -2.69. The zero-order chi connectivity index (χ0) is 19.8. The fraction of sp³-hybridized carbons (Fsp3) is 0.240. The third-order valence-corrected chi connectivity index (χ3v) is 7.07. The van der Waals surface area contributed by atoms with E-state index in [9.17, 15) is 9.90 Å². The van der Waals surface area contributed by atoms with Crippen LogP contribution in [-0.2, 0) is 4.79 Å². The lowest BCUT2D eigenvalue weighted by atomic mass is 9.89. The molecule has 0 bridgehead atoms. The molecule has 0 spiro atoms. The fourth-order valence-corrected chi connectivity index (χ4v) is 5.73. The molecule has 1 fully saturated rings. The van der Waals surface area contributed by atoms with Gasteiger partial charge in [-0.25, -0.2) is 0 Å². The maximum absolute atomic E-state index is 12.2. The van der Waals surface area contributed by atoms with Crippen molar-refractivity contribution in [2.24, 2.45) is 0 Å². The van der Waals surface area contributed by atoms with Crippen LogP contribution < -0.4 is 0 Å². The Morgan fingerprint density at radius 1 is 0.931 bits per heavy atom. The zero-order valence-corrected chi connectivity index (χ0v) is 16.9. The molecule has 2 heterocycles. The lowest BCUT2D eigenvalue weighted by molar-refractivity contribution is -0.145. The molecule has 3 nitrogen and oxygen atoms in total. The largest absolute Gasteiger partial charge is 0.480 e. The normalized spacial score (nSPS) is 18.8. The molecule has 1 saturated heterocycles. The highest BCUT2D eigenvalue weighted by Gasteiger charge is 2.36. The summed E-state index contributed by atoms with van der Waals surface area (Å²) in [5.41, 5.74) is 2.41. The van der Waals surface area contributed by atoms with Gasteiger partial charge in [0.2, 0.25) is 0 Å². The van der Waals surface area contributed by atoms with Gasteiger partial charge in [0.25, 0.3) is 0 Å².